The van der Waals surface area contributed by atoms with Crippen LogP contribution in [0.3, 0.4) is 0 Å². The average Bonchev–Trinajstić information content (AvgIpc) is 2.67. The van der Waals surface area contributed by atoms with E-state index in [2.05, 4.69) is 5.32 Å². The molecule has 2 amide bonds. The Balaban J connectivity index is 2.13. The van der Waals surface area contributed by atoms with E-state index in [1.54, 1.807) is 24.1 Å². The van der Waals surface area contributed by atoms with Gasteiger partial charge in [-0.2, -0.15) is 0 Å². The summed E-state index contributed by atoms with van der Waals surface area (Å²) in [6, 6.07) is 16.6. The molecule has 0 radical (unpaired) electrons. The fraction of sp³-hybridized carbons (Fsp3) is 0.300. The largest absolute Gasteiger partial charge is 0.357 e. The van der Waals surface area contributed by atoms with E-state index in [0.717, 1.165) is 10.5 Å². The summed E-state index contributed by atoms with van der Waals surface area (Å²) < 4.78 is 0. The highest BCUT2D eigenvalue weighted by molar-refractivity contribution is 8.00. The van der Waals surface area contributed by atoms with Crippen LogP contribution in [0.1, 0.15) is 18.9 Å². The van der Waals surface area contributed by atoms with Gasteiger partial charge in [0.1, 0.15) is 6.04 Å². The lowest BCUT2D eigenvalue weighted by molar-refractivity contribution is -0.139. The molecule has 0 aliphatic carbocycles. The maximum atomic E-state index is 12.9. The highest BCUT2D eigenvalue weighted by Crippen LogP contribution is 2.22. The first-order valence-corrected chi connectivity index (χ1v) is 9.84. The van der Waals surface area contributed by atoms with Crippen molar-refractivity contribution in [2.45, 2.75) is 30.8 Å². The first kappa shape index (κ1) is 20.3. The Kier molecular flexibility index (Phi) is 8.01. The zero-order valence-electron chi connectivity index (χ0n) is 14.9. The molecule has 4 nitrogen and oxygen atoms in total. The van der Waals surface area contributed by atoms with E-state index in [4.69, 9.17) is 11.6 Å². The molecule has 6 heteroatoms. The van der Waals surface area contributed by atoms with E-state index in [0.29, 0.717) is 18.0 Å². The van der Waals surface area contributed by atoms with Gasteiger partial charge in [0.25, 0.3) is 0 Å². The van der Waals surface area contributed by atoms with Gasteiger partial charge in [-0.1, -0.05) is 48.9 Å². The molecule has 2 rings (SSSR count). The minimum atomic E-state index is -0.487. The summed E-state index contributed by atoms with van der Waals surface area (Å²) in [5.41, 5.74) is 1.000. The number of rotatable bonds is 8. The van der Waals surface area contributed by atoms with Crippen molar-refractivity contribution in [3.8, 4) is 0 Å². The molecule has 1 atom stereocenters. The van der Waals surface area contributed by atoms with E-state index in [-0.39, 0.29) is 17.6 Å². The first-order valence-electron chi connectivity index (χ1n) is 8.48. The van der Waals surface area contributed by atoms with Gasteiger partial charge in [0, 0.05) is 23.5 Å². The maximum absolute atomic E-state index is 12.9. The van der Waals surface area contributed by atoms with Gasteiger partial charge >= 0.3 is 0 Å². The molecule has 0 aliphatic rings. The molecule has 0 bridgehead atoms. The van der Waals surface area contributed by atoms with Crippen molar-refractivity contribution in [2.75, 3.05) is 12.8 Å². The molecule has 0 fully saturated rings. The summed E-state index contributed by atoms with van der Waals surface area (Å²) >= 11 is 7.34. The van der Waals surface area contributed by atoms with Crippen LogP contribution in [0.5, 0.6) is 0 Å². The van der Waals surface area contributed by atoms with Gasteiger partial charge in [0.15, 0.2) is 0 Å². The molecular weight excluding hydrogens is 368 g/mol. The second kappa shape index (κ2) is 10.2. The SMILES string of the molecule is CC[C@H](C(=O)NC)N(Cc1ccccc1)C(=O)CSc1ccc(Cl)cc1. The minimum Gasteiger partial charge on any atom is -0.357 e. The molecule has 26 heavy (non-hydrogen) atoms. The highest BCUT2D eigenvalue weighted by atomic mass is 35.5. The number of carbonyl (C=O) groups is 2. The Morgan fingerprint density at radius 1 is 1.12 bits per heavy atom. The topological polar surface area (TPSA) is 49.4 Å². The lowest BCUT2D eigenvalue weighted by Crippen LogP contribution is -2.48. The number of halogens is 1. The standard InChI is InChI=1S/C20H23ClN2O2S/c1-3-18(20(25)22-2)23(13-15-7-5-4-6-8-15)19(24)14-26-17-11-9-16(21)10-12-17/h4-12,18H,3,13-14H2,1-2H3,(H,22,25)/t18-/m1/s1. The summed E-state index contributed by atoms with van der Waals surface area (Å²) in [6.07, 6.45) is 0.559. The number of thioether (sulfide) groups is 1. The van der Waals surface area contributed by atoms with Gasteiger partial charge in [0.2, 0.25) is 11.8 Å². The van der Waals surface area contributed by atoms with Crippen LogP contribution in [-0.2, 0) is 16.1 Å². The van der Waals surface area contributed by atoms with Crippen molar-refractivity contribution in [1.82, 2.24) is 10.2 Å². The highest BCUT2D eigenvalue weighted by Gasteiger charge is 2.27. The third-order valence-corrected chi connectivity index (χ3v) is 5.25. The summed E-state index contributed by atoms with van der Waals surface area (Å²) in [7, 11) is 1.60. The second-order valence-corrected chi connectivity index (χ2v) is 7.27. The molecule has 1 N–H and O–H groups in total. The smallest absolute Gasteiger partial charge is 0.242 e. The van der Waals surface area contributed by atoms with Crippen LogP contribution >= 0.6 is 23.4 Å². The summed E-state index contributed by atoms with van der Waals surface area (Å²) in [6.45, 7) is 2.32. The molecule has 2 aromatic rings. The van der Waals surface area contributed by atoms with Crippen LogP contribution in [0.2, 0.25) is 5.02 Å². The average molecular weight is 391 g/mol. The molecule has 138 valence electrons. The number of benzene rings is 2. The first-order chi connectivity index (χ1) is 12.5. The van der Waals surface area contributed by atoms with Gasteiger partial charge in [-0.05, 0) is 36.2 Å². The third-order valence-electron chi connectivity index (χ3n) is 4.00. The zero-order chi connectivity index (χ0) is 18.9. The molecule has 0 saturated carbocycles. The number of likely N-dealkylation sites (N-methyl/N-ethyl adjacent to an activating group) is 1. The molecule has 0 aromatic heterocycles. The minimum absolute atomic E-state index is 0.0655. The van der Waals surface area contributed by atoms with E-state index in [1.165, 1.54) is 11.8 Å². The Labute approximate surface area is 163 Å². The van der Waals surface area contributed by atoms with Gasteiger partial charge in [-0.25, -0.2) is 0 Å². The zero-order valence-corrected chi connectivity index (χ0v) is 16.5. The predicted molar refractivity (Wildman–Crippen MR) is 107 cm³/mol. The van der Waals surface area contributed by atoms with Gasteiger partial charge in [-0.3, -0.25) is 9.59 Å². The van der Waals surface area contributed by atoms with Crippen LogP contribution in [-0.4, -0.2) is 35.6 Å². The van der Waals surface area contributed by atoms with Crippen molar-refractivity contribution in [3.05, 3.63) is 65.2 Å². The van der Waals surface area contributed by atoms with Crippen molar-refractivity contribution in [3.63, 3.8) is 0 Å². The predicted octanol–water partition coefficient (Wildman–Crippen LogP) is 3.99. The van der Waals surface area contributed by atoms with Crippen molar-refractivity contribution in [1.29, 1.82) is 0 Å². The quantitative estimate of drug-likeness (QED) is 0.693. The molecule has 0 aliphatic heterocycles. The van der Waals surface area contributed by atoms with Crippen LogP contribution in [0.15, 0.2) is 59.5 Å². The normalized spacial score (nSPS) is 11.7. The summed E-state index contributed by atoms with van der Waals surface area (Å²) in [4.78, 5) is 27.8. The molecule has 0 unspecified atom stereocenters. The van der Waals surface area contributed by atoms with Gasteiger partial charge in [-0.15, -0.1) is 11.8 Å². The Morgan fingerprint density at radius 3 is 2.35 bits per heavy atom. The lowest BCUT2D eigenvalue weighted by atomic mass is 10.1. The lowest BCUT2D eigenvalue weighted by Gasteiger charge is -2.30. The Morgan fingerprint density at radius 2 is 1.77 bits per heavy atom. The van der Waals surface area contributed by atoms with E-state index in [1.807, 2.05) is 49.4 Å². The Hall–Kier alpha value is -1.98. The molecule has 2 aromatic carbocycles. The maximum Gasteiger partial charge on any atom is 0.242 e. The number of carbonyl (C=O) groups excluding carboxylic acids is 2. The van der Waals surface area contributed by atoms with Crippen molar-refractivity contribution >= 4 is 35.2 Å². The summed E-state index contributed by atoms with van der Waals surface area (Å²) in [5.74, 6) is 0.0552. The second-order valence-electron chi connectivity index (χ2n) is 5.79. The van der Waals surface area contributed by atoms with Crippen LogP contribution in [0, 0.1) is 0 Å². The Bertz CT molecular complexity index is 722. The number of nitrogens with zero attached hydrogens (tertiary/aromatic N) is 1. The number of hydrogen-bond acceptors (Lipinski definition) is 3. The fourth-order valence-electron chi connectivity index (χ4n) is 2.63. The monoisotopic (exact) mass is 390 g/mol. The molecular formula is C20H23ClN2O2S. The number of hydrogen-bond donors (Lipinski definition) is 1. The van der Waals surface area contributed by atoms with E-state index < -0.39 is 6.04 Å². The molecule has 0 heterocycles. The molecule has 0 spiro atoms. The van der Waals surface area contributed by atoms with Crippen LogP contribution in [0.4, 0.5) is 0 Å². The summed E-state index contributed by atoms with van der Waals surface area (Å²) in [5, 5.41) is 3.33. The number of amides is 2. The third kappa shape index (κ3) is 5.78. The number of nitrogens with one attached hydrogen (secondary N) is 1. The van der Waals surface area contributed by atoms with E-state index in [9.17, 15) is 9.59 Å². The van der Waals surface area contributed by atoms with Crippen LogP contribution < -0.4 is 5.32 Å². The van der Waals surface area contributed by atoms with Gasteiger partial charge in [0.05, 0.1) is 5.75 Å². The van der Waals surface area contributed by atoms with Crippen molar-refractivity contribution in [2.24, 2.45) is 0 Å². The van der Waals surface area contributed by atoms with Crippen LogP contribution in [0.25, 0.3) is 0 Å². The fourth-order valence-corrected chi connectivity index (χ4v) is 3.54. The van der Waals surface area contributed by atoms with E-state index >= 15 is 0 Å². The van der Waals surface area contributed by atoms with Gasteiger partial charge < -0.3 is 10.2 Å². The van der Waals surface area contributed by atoms with Crippen molar-refractivity contribution < 1.29 is 9.59 Å². The molecule has 0 saturated heterocycles.